The molecule has 1 aliphatic carbocycles. The number of nitrogens with zero attached hydrogens (tertiary/aromatic N) is 2. The first-order valence-corrected chi connectivity index (χ1v) is 7.47. The molecule has 7 heteroatoms. The van der Waals surface area contributed by atoms with Gasteiger partial charge in [-0.25, -0.2) is 4.79 Å². The Morgan fingerprint density at radius 3 is 2.30 bits per heavy atom. The molecule has 1 fully saturated rings. The van der Waals surface area contributed by atoms with E-state index in [2.05, 4.69) is 15.5 Å². The SMILES string of the molecule is Cc1nc(C2(NC(=O)c3ccc(C(=O)O)cc3)CCCC2)no1. The first kappa shape index (κ1) is 15.2. The molecule has 1 aromatic heterocycles. The quantitative estimate of drug-likeness (QED) is 0.896. The number of carboxylic acids is 1. The summed E-state index contributed by atoms with van der Waals surface area (Å²) in [5.74, 6) is -0.327. The fourth-order valence-electron chi connectivity index (χ4n) is 2.93. The van der Waals surface area contributed by atoms with Crippen molar-refractivity contribution >= 4 is 11.9 Å². The van der Waals surface area contributed by atoms with Crippen LogP contribution in [0.15, 0.2) is 28.8 Å². The van der Waals surface area contributed by atoms with E-state index in [-0.39, 0.29) is 11.5 Å². The summed E-state index contributed by atoms with van der Waals surface area (Å²) in [6, 6.07) is 5.83. The molecule has 1 heterocycles. The van der Waals surface area contributed by atoms with Crippen molar-refractivity contribution in [2.24, 2.45) is 0 Å². The number of rotatable bonds is 4. The van der Waals surface area contributed by atoms with E-state index in [1.807, 2.05) is 0 Å². The molecule has 0 unspecified atom stereocenters. The van der Waals surface area contributed by atoms with Gasteiger partial charge < -0.3 is 14.9 Å². The van der Waals surface area contributed by atoms with E-state index in [9.17, 15) is 9.59 Å². The maximum Gasteiger partial charge on any atom is 0.335 e. The zero-order valence-electron chi connectivity index (χ0n) is 12.7. The summed E-state index contributed by atoms with van der Waals surface area (Å²) in [6.07, 6.45) is 3.47. The summed E-state index contributed by atoms with van der Waals surface area (Å²) >= 11 is 0. The average molecular weight is 315 g/mol. The van der Waals surface area contributed by atoms with Gasteiger partial charge in [-0.2, -0.15) is 4.98 Å². The predicted octanol–water partition coefficient (Wildman–Crippen LogP) is 2.28. The van der Waals surface area contributed by atoms with E-state index in [0.29, 0.717) is 17.3 Å². The molecule has 0 aliphatic heterocycles. The number of hydrogen-bond acceptors (Lipinski definition) is 5. The van der Waals surface area contributed by atoms with Gasteiger partial charge in [0.1, 0.15) is 5.54 Å². The highest BCUT2D eigenvalue weighted by Gasteiger charge is 2.41. The van der Waals surface area contributed by atoms with E-state index in [4.69, 9.17) is 9.63 Å². The number of carbonyl (C=O) groups is 2. The molecule has 0 radical (unpaired) electrons. The molecule has 3 rings (SSSR count). The monoisotopic (exact) mass is 315 g/mol. The summed E-state index contributed by atoms with van der Waals surface area (Å²) in [7, 11) is 0. The minimum Gasteiger partial charge on any atom is -0.478 e. The number of nitrogens with one attached hydrogen (secondary N) is 1. The number of carboxylic acid groups (broad SMARTS) is 1. The second-order valence-corrected chi connectivity index (χ2v) is 5.76. The molecule has 1 aromatic carbocycles. The van der Waals surface area contributed by atoms with Crippen LogP contribution in [-0.2, 0) is 5.54 Å². The van der Waals surface area contributed by atoms with Crippen LogP contribution in [0.2, 0.25) is 0 Å². The molecular weight excluding hydrogens is 298 g/mol. The fourth-order valence-corrected chi connectivity index (χ4v) is 2.93. The van der Waals surface area contributed by atoms with Gasteiger partial charge in [-0.3, -0.25) is 4.79 Å². The lowest BCUT2D eigenvalue weighted by Crippen LogP contribution is -2.44. The van der Waals surface area contributed by atoms with Gasteiger partial charge >= 0.3 is 5.97 Å². The molecular formula is C16H17N3O4. The minimum absolute atomic E-state index is 0.144. The fraction of sp³-hybridized carbons (Fsp3) is 0.375. The number of aromatic nitrogens is 2. The Bertz CT molecular complexity index is 730. The van der Waals surface area contributed by atoms with Crippen LogP contribution in [0.25, 0.3) is 0 Å². The lowest BCUT2D eigenvalue weighted by molar-refractivity contribution is 0.0696. The van der Waals surface area contributed by atoms with Gasteiger partial charge in [-0.1, -0.05) is 18.0 Å². The van der Waals surface area contributed by atoms with Crippen LogP contribution in [0.5, 0.6) is 0 Å². The molecule has 7 nitrogen and oxygen atoms in total. The molecule has 0 spiro atoms. The Morgan fingerprint density at radius 2 is 1.78 bits per heavy atom. The molecule has 2 aromatic rings. The first-order chi connectivity index (χ1) is 11.0. The third kappa shape index (κ3) is 2.94. The zero-order valence-corrected chi connectivity index (χ0v) is 12.7. The molecule has 1 aliphatic rings. The zero-order chi connectivity index (χ0) is 16.4. The first-order valence-electron chi connectivity index (χ1n) is 7.47. The maximum atomic E-state index is 12.5. The van der Waals surface area contributed by atoms with E-state index in [0.717, 1.165) is 25.7 Å². The minimum atomic E-state index is -1.02. The molecule has 0 atom stereocenters. The Hall–Kier alpha value is -2.70. The van der Waals surface area contributed by atoms with Crippen molar-refractivity contribution in [2.45, 2.75) is 38.1 Å². The Morgan fingerprint density at radius 1 is 1.17 bits per heavy atom. The van der Waals surface area contributed by atoms with E-state index in [1.54, 1.807) is 6.92 Å². The average Bonchev–Trinajstić information content (AvgIpc) is 3.17. The van der Waals surface area contributed by atoms with Crippen LogP contribution in [-0.4, -0.2) is 27.1 Å². The van der Waals surface area contributed by atoms with Gasteiger partial charge in [0.25, 0.3) is 5.91 Å². The number of aromatic carboxylic acids is 1. The van der Waals surface area contributed by atoms with Crippen LogP contribution in [0, 0.1) is 6.92 Å². The predicted molar refractivity (Wildman–Crippen MR) is 80.0 cm³/mol. The Balaban J connectivity index is 1.83. The number of benzene rings is 1. The van der Waals surface area contributed by atoms with E-state index >= 15 is 0 Å². The number of aryl methyl sites for hydroxylation is 1. The lowest BCUT2D eigenvalue weighted by atomic mass is 9.95. The van der Waals surface area contributed by atoms with Crippen LogP contribution in [0.3, 0.4) is 0 Å². The Labute approximate surface area is 132 Å². The summed E-state index contributed by atoms with van der Waals surface area (Å²) < 4.78 is 5.05. The number of amides is 1. The standard InChI is InChI=1S/C16H17N3O4/c1-10-17-15(19-23-10)16(8-2-3-9-16)18-13(20)11-4-6-12(7-5-11)14(21)22/h4-7H,2-3,8-9H2,1H3,(H,18,20)(H,21,22). The highest BCUT2D eigenvalue weighted by Crippen LogP contribution is 2.37. The van der Waals surface area contributed by atoms with Gasteiger partial charge in [0.05, 0.1) is 5.56 Å². The van der Waals surface area contributed by atoms with Gasteiger partial charge in [0.2, 0.25) is 5.89 Å². The summed E-state index contributed by atoms with van der Waals surface area (Å²) in [5.41, 5.74) is -0.0623. The largest absolute Gasteiger partial charge is 0.478 e. The summed E-state index contributed by atoms with van der Waals surface area (Å²) in [4.78, 5) is 27.7. The van der Waals surface area contributed by atoms with Gasteiger partial charge in [-0.05, 0) is 37.1 Å². The Kier molecular flexibility index (Phi) is 3.85. The smallest absolute Gasteiger partial charge is 0.335 e. The summed E-state index contributed by atoms with van der Waals surface area (Å²) in [6.45, 7) is 1.71. The van der Waals surface area contributed by atoms with Crippen LogP contribution >= 0.6 is 0 Å². The number of carbonyl (C=O) groups excluding carboxylic acids is 1. The van der Waals surface area contributed by atoms with E-state index < -0.39 is 11.5 Å². The molecule has 1 saturated carbocycles. The summed E-state index contributed by atoms with van der Waals surface area (Å²) in [5, 5.41) is 15.9. The molecule has 0 bridgehead atoms. The van der Waals surface area contributed by atoms with Crippen molar-refractivity contribution in [1.82, 2.24) is 15.5 Å². The molecule has 2 N–H and O–H groups in total. The van der Waals surface area contributed by atoms with Crippen LogP contribution in [0.1, 0.15) is 58.1 Å². The number of hydrogen-bond donors (Lipinski definition) is 2. The van der Waals surface area contributed by atoms with Crippen LogP contribution < -0.4 is 5.32 Å². The van der Waals surface area contributed by atoms with E-state index in [1.165, 1.54) is 24.3 Å². The maximum absolute atomic E-state index is 12.5. The highest BCUT2D eigenvalue weighted by atomic mass is 16.5. The topological polar surface area (TPSA) is 105 Å². The van der Waals surface area contributed by atoms with Crippen molar-refractivity contribution in [3.05, 3.63) is 47.1 Å². The second kappa shape index (κ2) is 5.83. The van der Waals surface area contributed by atoms with Crippen molar-refractivity contribution in [1.29, 1.82) is 0 Å². The van der Waals surface area contributed by atoms with Gasteiger partial charge in [0.15, 0.2) is 5.82 Å². The van der Waals surface area contributed by atoms with Gasteiger partial charge in [0, 0.05) is 12.5 Å². The normalized spacial score (nSPS) is 16.2. The third-order valence-corrected chi connectivity index (χ3v) is 4.16. The second-order valence-electron chi connectivity index (χ2n) is 5.76. The van der Waals surface area contributed by atoms with Crippen LogP contribution in [0.4, 0.5) is 0 Å². The lowest BCUT2D eigenvalue weighted by Gasteiger charge is -2.26. The third-order valence-electron chi connectivity index (χ3n) is 4.16. The molecule has 120 valence electrons. The van der Waals surface area contributed by atoms with Crippen molar-refractivity contribution in [2.75, 3.05) is 0 Å². The van der Waals surface area contributed by atoms with Crippen molar-refractivity contribution in [3.63, 3.8) is 0 Å². The highest BCUT2D eigenvalue weighted by molar-refractivity contribution is 5.96. The molecule has 23 heavy (non-hydrogen) atoms. The van der Waals surface area contributed by atoms with Crippen molar-refractivity contribution < 1.29 is 19.2 Å². The molecule has 1 amide bonds. The van der Waals surface area contributed by atoms with Gasteiger partial charge in [-0.15, -0.1) is 0 Å². The van der Waals surface area contributed by atoms with Crippen molar-refractivity contribution in [3.8, 4) is 0 Å². The molecule has 0 saturated heterocycles.